The minimum atomic E-state index is -0.310. The van der Waals surface area contributed by atoms with Gasteiger partial charge in [-0.1, -0.05) is 52.3 Å². The summed E-state index contributed by atoms with van der Waals surface area (Å²) in [7, 11) is 0. The number of hydrogen-bond donors (Lipinski definition) is 1. The number of fused-ring (bicyclic) bond motifs is 1. The second kappa shape index (κ2) is 8.15. The third kappa shape index (κ3) is 4.11. The highest BCUT2D eigenvalue weighted by atomic mass is 79.9. The van der Waals surface area contributed by atoms with E-state index in [1.54, 1.807) is 12.1 Å². The molecule has 0 saturated heterocycles. The Hall–Kier alpha value is -2.66. The molecule has 1 N–H and O–H groups in total. The van der Waals surface area contributed by atoms with Crippen molar-refractivity contribution in [1.29, 1.82) is 0 Å². The largest absolute Gasteiger partial charge is 0.493 e. The second-order valence-electron chi connectivity index (χ2n) is 5.77. The van der Waals surface area contributed by atoms with Crippen LogP contribution in [0.3, 0.4) is 0 Å². The minimum absolute atomic E-state index is 0.310. The third-order valence-electron chi connectivity index (χ3n) is 3.98. The number of amides is 1. The van der Waals surface area contributed by atoms with Crippen molar-refractivity contribution in [1.82, 2.24) is 5.43 Å². The van der Waals surface area contributed by atoms with Gasteiger partial charge in [0, 0.05) is 4.47 Å². The smallest absolute Gasteiger partial charge is 0.275 e. The van der Waals surface area contributed by atoms with Gasteiger partial charge < -0.3 is 4.74 Å². The van der Waals surface area contributed by atoms with Gasteiger partial charge in [-0.05, 0) is 54.4 Å². The molecule has 0 bridgehead atoms. The molecule has 0 saturated carbocycles. The summed E-state index contributed by atoms with van der Waals surface area (Å²) in [4.78, 5) is 12.5. The first-order valence-electron chi connectivity index (χ1n) is 8.34. The van der Waals surface area contributed by atoms with Gasteiger partial charge in [0.2, 0.25) is 0 Å². The number of nitrogens with zero attached hydrogens (tertiary/aromatic N) is 1. The van der Waals surface area contributed by atoms with E-state index in [-0.39, 0.29) is 5.91 Å². The molecule has 26 heavy (non-hydrogen) atoms. The fraction of sp³-hybridized carbons (Fsp3) is 0.143. The fourth-order valence-electron chi connectivity index (χ4n) is 2.63. The Morgan fingerprint density at radius 3 is 2.62 bits per heavy atom. The molecule has 0 aromatic heterocycles. The molecule has 132 valence electrons. The summed E-state index contributed by atoms with van der Waals surface area (Å²) < 4.78 is 6.33. The Morgan fingerprint density at radius 2 is 1.85 bits per heavy atom. The molecule has 4 nitrogen and oxygen atoms in total. The Kier molecular flexibility index (Phi) is 5.68. The number of hydrazone groups is 1. The van der Waals surface area contributed by atoms with Crippen molar-refractivity contribution in [3.05, 3.63) is 76.3 Å². The van der Waals surface area contributed by atoms with Gasteiger partial charge in [0.25, 0.3) is 5.91 Å². The van der Waals surface area contributed by atoms with Crippen LogP contribution in [0.5, 0.6) is 5.75 Å². The molecule has 3 rings (SSSR count). The minimum Gasteiger partial charge on any atom is -0.493 e. The average Bonchev–Trinajstić information content (AvgIpc) is 2.67. The monoisotopic (exact) mass is 410 g/mol. The Bertz CT molecular complexity index is 983. The van der Waals surface area contributed by atoms with Crippen molar-refractivity contribution in [3.8, 4) is 5.75 Å². The zero-order valence-corrected chi connectivity index (χ0v) is 16.2. The van der Waals surface area contributed by atoms with Crippen LogP contribution in [0.4, 0.5) is 0 Å². The summed E-state index contributed by atoms with van der Waals surface area (Å²) in [6, 6.07) is 19.6. The summed E-state index contributed by atoms with van der Waals surface area (Å²) in [6.45, 7) is 4.24. The normalized spacial score (nSPS) is 11.4. The Balaban J connectivity index is 1.82. The molecular weight excluding hydrogens is 392 g/mol. The van der Waals surface area contributed by atoms with Gasteiger partial charge >= 0.3 is 0 Å². The molecule has 3 aromatic carbocycles. The molecule has 0 atom stereocenters. The van der Waals surface area contributed by atoms with E-state index in [1.165, 1.54) is 5.39 Å². The standard InChI is InChI=1S/C21H19BrN2O2/c1-3-26-20-11-10-18(22)13-19(20)21(25)24-23-14(2)16-9-8-15-6-4-5-7-17(15)12-16/h4-13H,3H2,1-2H3,(H,24,25). The maximum absolute atomic E-state index is 12.5. The van der Waals surface area contributed by atoms with Crippen molar-refractivity contribution in [2.45, 2.75) is 13.8 Å². The van der Waals surface area contributed by atoms with Crippen molar-refractivity contribution >= 4 is 38.3 Å². The predicted octanol–water partition coefficient (Wildman–Crippen LogP) is 5.16. The Labute approximate surface area is 161 Å². The second-order valence-corrected chi connectivity index (χ2v) is 6.69. The summed E-state index contributed by atoms with van der Waals surface area (Å²) >= 11 is 3.38. The zero-order chi connectivity index (χ0) is 18.5. The highest BCUT2D eigenvalue weighted by Crippen LogP contribution is 2.23. The van der Waals surface area contributed by atoms with Crippen molar-refractivity contribution in [3.63, 3.8) is 0 Å². The lowest BCUT2D eigenvalue weighted by Crippen LogP contribution is -2.20. The number of hydrogen-bond acceptors (Lipinski definition) is 3. The van der Waals surface area contributed by atoms with E-state index in [2.05, 4.69) is 44.7 Å². The van der Waals surface area contributed by atoms with Crippen LogP contribution in [0, 0.1) is 0 Å². The molecule has 0 heterocycles. The van der Waals surface area contributed by atoms with Crippen LogP contribution < -0.4 is 10.2 Å². The van der Waals surface area contributed by atoms with Gasteiger partial charge in [-0.25, -0.2) is 5.43 Å². The molecule has 0 radical (unpaired) electrons. The fourth-order valence-corrected chi connectivity index (χ4v) is 3.00. The number of nitrogens with one attached hydrogen (secondary N) is 1. The topological polar surface area (TPSA) is 50.7 Å². The lowest BCUT2D eigenvalue weighted by Gasteiger charge is -2.10. The first-order valence-corrected chi connectivity index (χ1v) is 9.14. The molecule has 0 aliphatic carbocycles. The Morgan fingerprint density at radius 1 is 1.08 bits per heavy atom. The lowest BCUT2D eigenvalue weighted by atomic mass is 10.0. The molecule has 5 heteroatoms. The van der Waals surface area contributed by atoms with Gasteiger partial charge in [-0.2, -0.15) is 5.10 Å². The first-order chi connectivity index (χ1) is 12.6. The van der Waals surface area contributed by atoms with Crippen LogP contribution in [0.2, 0.25) is 0 Å². The molecule has 0 unspecified atom stereocenters. The van der Waals surface area contributed by atoms with Crippen LogP contribution in [0.1, 0.15) is 29.8 Å². The lowest BCUT2D eigenvalue weighted by molar-refractivity contribution is 0.0951. The summed E-state index contributed by atoms with van der Waals surface area (Å²) in [5.41, 5.74) is 4.76. The number of carbonyl (C=O) groups excluding carboxylic acids is 1. The van der Waals surface area contributed by atoms with Crippen molar-refractivity contribution in [2.24, 2.45) is 5.10 Å². The number of halogens is 1. The molecule has 0 fully saturated rings. The maximum Gasteiger partial charge on any atom is 0.275 e. The average molecular weight is 411 g/mol. The zero-order valence-electron chi connectivity index (χ0n) is 14.6. The van der Waals surface area contributed by atoms with Gasteiger partial charge in [-0.3, -0.25) is 4.79 Å². The maximum atomic E-state index is 12.5. The number of benzene rings is 3. The van der Waals surface area contributed by atoms with Gasteiger partial charge in [-0.15, -0.1) is 0 Å². The SMILES string of the molecule is CCOc1ccc(Br)cc1C(=O)NN=C(C)c1ccc2ccccc2c1. The number of ether oxygens (including phenoxy) is 1. The molecule has 0 aliphatic rings. The summed E-state index contributed by atoms with van der Waals surface area (Å²) in [5, 5.41) is 6.56. The van der Waals surface area contributed by atoms with E-state index in [9.17, 15) is 4.79 Å². The molecule has 0 aliphatic heterocycles. The van der Waals surface area contributed by atoms with Crippen LogP contribution in [-0.2, 0) is 0 Å². The van der Waals surface area contributed by atoms with Crippen LogP contribution in [0.15, 0.2) is 70.2 Å². The van der Waals surface area contributed by atoms with Gasteiger partial charge in [0.1, 0.15) is 5.75 Å². The predicted molar refractivity (Wildman–Crippen MR) is 109 cm³/mol. The molecular formula is C21H19BrN2O2. The van der Waals surface area contributed by atoms with E-state index < -0.39 is 0 Å². The first kappa shape index (κ1) is 18.1. The van der Waals surface area contributed by atoms with Crippen molar-refractivity contribution < 1.29 is 9.53 Å². The van der Waals surface area contributed by atoms with E-state index in [4.69, 9.17) is 4.74 Å². The van der Waals surface area contributed by atoms with Gasteiger partial charge in [0.15, 0.2) is 0 Å². The van der Waals surface area contributed by atoms with Gasteiger partial charge in [0.05, 0.1) is 17.9 Å². The van der Waals surface area contributed by atoms with E-state index in [0.29, 0.717) is 17.9 Å². The van der Waals surface area contributed by atoms with E-state index >= 15 is 0 Å². The highest BCUT2D eigenvalue weighted by molar-refractivity contribution is 9.10. The van der Waals surface area contributed by atoms with Crippen LogP contribution >= 0.6 is 15.9 Å². The summed E-state index contributed by atoms with van der Waals surface area (Å²) in [6.07, 6.45) is 0. The van der Waals surface area contributed by atoms with E-state index in [1.807, 2.05) is 44.2 Å². The van der Waals surface area contributed by atoms with Crippen LogP contribution in [-0.4, -0.2) is 18.2 Å². The molecule has 3 aromatic rings. The highest BCUT2D eigenvalue weighted by Gasteiger charge is 2.13. The number of rotatable bonds is 5. The third-order valence-corrected chi connectivity index (χ3v) is 4.47. The van der Waals surface area contributed by atoms with E-state index in [0.717, 1.165) is 21.1 Å². The van der Waals surface area contributed by atoms with Crippen LogP contribution in [0.25, 0.3) is 10.8 Å². The van der Waals surface area contributed by atoms with Crippen molar-refractivity contribution in [2.75, 3.05) is 6.61 Å². The summed E-state index contributed by atoms with van der Waals surface area (Å²) in [5.74, 6) is 0.224. The molecule has 1 amide bonds. The number of carbonyl (C=O) groups is 1. The quantitative estimate of drug-likeness (QED) is 0.466. The molecule has 0 spiro atoms.